The molecule has 130 valence electrons. The number of hydrogen-bond acceptors (Lipinski definition) is 5. The Morgan fingerprint density at radius 1 is 1.04 bits per heavy atom. The number of anilines is 2. The molecule has 0 radical (unpaired) electrons. The molecule has 1 aliphatic rings. The Morgan fingerprint density at radius 2 is 1.76 bits per heavy atom. The SMILES string of the molecule is COC(=O)c1ccc(NC(=O)c2cncc(NC3CCCC3)c2)cc1. The van der Waals surface area contributed by atoms with Crippen molar-refractivity contribution in [2.75, 3.05) is 17.7 Å². The van der Waals surface area contributed by atoms with Crippen LogP contribution in [0.15, 0.2) is 42.7 Å². The van der Waals surface area contributed by atoms with Crippen LogP contribution >= 0.6 is 0 Å². The van der Waals surface area contributed by atoms with Gasteiger partial charge in [0.25, 0.3) is 5.91 Å². The molecule has 25 heavy (non-hydrogen) atoms. The number of carbonyl (C=O) groups excluding carboxylic acids is 2. The Morgan fingerprint density at radius 3 is 2.44 bits per heavy atom. The van der Waals surface area contributed by atoms with E-state index in [0.29, 0.717) is 22.9 Å². The summed E-state index contributed by atoms with van der Waals surface area (Å²) < 4.78 is 4.65. The molecule has 1 aromatic carbocycles. The molecule has 1 aromatic heterocycles. The number of rotatable bonds is 5. The van der Waals surface area contributed by atoms with Crippen molar-refractivity contribution in [1.29, 1.82) is 0 Å². The molecule has 0 unspecified atom stereocenters. The number of carbonyl (C=O) groups is 2. The molecule has 0 saturated heterocycles. The Hall–Kier alpha value is -2.89. The highest BCUT2D eigenvalue weighted by Crippen LogP contribution is 2.22. The molecule has 0 aliphatic heterocycles. The lowest BCUT2D eigenvalue weighted by Crippen LogP contribution is -2.16. The van der Waals surface area contributed by atoms with Gasteiger partial charge in [-0.25, -0.2) is 4.79 Å². The number of ether oxygens (including phenoxy) is 1. The summed E-state index contributed by atoms with van der Waals surface area (Å²) in [6.45, 7) is 0. The number of aromatic nitrogens is 1. The normalized spacial score (nSPS) is 14.1. The molecule has 1 amide bonds. The van der Waals surface area contributed by atoms with Crippen molar-refractivity contribution >= 4 is 23.3 Å². The Balaban J connectivity index is 1.65. The van der Waals surface area contributed by atoms with Crippen LogP contribution in [0.25, 0.3) is 0 Å². The third kappa shape index (κ3) is 4.35. The average molecular weight is 339 g/mol. The smallest absolute Gasteiger partial charge is 0.337 e. The van der Waals surface area contributed by atoms with Gasteiger partial charge in [-0.1, -0.05) is 12.8 Å². The largest absolute Gasteiger partial charge is 0.465 e. The highest BCUT2D eigenvalue weighted by Gasteiger charge is 2.15. The minimum absolute atomic E-state index is 0.242. The number of nitrogens with zero attached hydrogens (tertiary/aromatic N) is 1. The third-order valence-corrected chi connectivity index (χ3v) is 4.29. The van der Waals surface area contributed by atoms with Gasteiger partial charge in [0.2, 0.25) is 0 Å². The fourth-order valence-electron chi connectivity index (χ4n) is 2.96. The highest BCUT2D eigenvalue weighted by atomic mass is 16.5. The van der Waals surface area contributed by atoms with E-state index in [1.807, 2.05) is 6.07 Å². The number of pyridine rings is 1. The topological polar surface area (TPSA) is 80.3 Å². The zero-order valence-electron chi connectivity index (χ0n) is 14.1. The molecule has 2 aromatic rings. The maximum atomic E-state index is 12.4. The Kier molecular flexibility index (Phi) is 5.28. The van der Waals surface area contributed by atoms with Crippen LogP contribution in [0.4, 0.5) is 11.4 Å². The number of methoxy groups -OCH3 is 1. The van der Waals surface area contributed by atoms with Crippen LogP contribution in [-0.4, -0.2) is 30.0 Å². The summed E-state index contributed by atoms with van der Waals surface area (Å²) in [5.41, 5.74) is 2.39. The molecule has 1 aliphatic carbocycles. The van der Waals surface area contributed by atoms with Crippen molar-refractivity contribution in [2.45, 2.75) is 31.7 Å². The second-order valence-corrected chi connectivity index (χ2v) is 6.11. The first-order chi connectivity index (χ1) is 12.2. The van der Waals surface area contributed by atoms with Gasteiger partial charge in [-0.3, -0.25) is 9.78 Å². The Labute approximate surface area is 146 Å². The number of benzene rings is 1. The molecule has 1 fully saturated rings. The predicted molar refractivity (Wildman–Crippen MR) is 95.9 cm³/mol. The van der Waals surface area contributed by atoms with E-state index in [2.05, 4.69) is 20.4 Å². The van der Waals surface area contributed by atoms with Gasteiger partial charge < -0.3 is 15.4 Å². The third-order valence-electron chi connectivity index (χ3n) is 4.29. The van der Waals surface area contributed by atoms with Gasteiger partial charge in [0.15, 0.2) is 0 Å². The fraction of sp³-hybridized carbons (Fsp3) is 0.316. The molecule has 3 rings (SSSR count). The first-order valence-corrected chi connectivity index (χ1v) is 8.37. The number of nitrogens with one attached hydrogen (secondary N) is 2. The maximum absolute atomic E-state index is 12.4. The second kappa shape index (κ2) is 7.79. The minimum Gasteiger partial charge on any atom is -0.465 e. The van der Waals surface area contributed by atoms with E-state index in [0.717, 1.165) is 18.5 Å². The van der Waals surface area contributed by atoms with Crippen molar-refractivity contribution < 1.29 is 14.3 Å². The zero-order valence-corrected chi connectivity index (χ0v) is 14.1. The number of esters is 1. The number of amides is 1. The summed E-state index contributed by atoms with van der Waals surface area (Å²) in [6.07, 6.45) is 8.07. The maximum Gasteiger partial charge on any atom is 0.337 e. The van der Waals surface area contributed by atoms with Crippen LogP contribution in [0.1, 0.15) is 46.4 Å². The molecule has 6 heteroatoms. The van der Waals surface area contributed by atoms with E-state index < -0.39 is 5.97 Å². The summed E-state index contributed by atoms with van der Waals surface area (Å²) in [5.74, 6) is -0.652. The molecule has 0 bridgehead atoms. The van der Waals surface area contributed by atoms with Crippen LogP contribution in [0.2, 0.25) is 0 Å². The van der Waals surface area contributed by atoms with Crippen LogP contribution in [-0.2, 0) is 4.74 Å². The fourth-order valence-corrected chi connectivity index (χ4v) is 2.96. The molecular weight excluding hydrogens is 318 g/mol. The van der Waals surface area contributed by atoms with E-state index in [-0.39, 0.29) is 5.91 Å². The first-order valence-electron chi connectivity index (χ1n) is 8.37. The van der Waals surface area contributed by atoms with Crippen molar-refractivity contribution in [2.24, 2.45) is 0 Å². The van der Waals surface area contributed by atoms with Gasteiger partial charge in [-0.05, 0) is 43.2 Å². The summed E-state index contributed by atoms with van der Waals surface area (Å²) in [5, 5.41) is 6.24. The van der Waals surface area contributed by atoms with Gasteiger partial charge in [0.05, 0.1) is 23.9 Å². The lowest BCUT2D eigenvalue weighted by atomic mass is 10.2. The molecule has 1 heterocycles. The summed E-state index contributed by atoms with van der Waals surface area (Å²) in [4.78, 5) is 28.0. The van der Waals surface area contributed by atoms with Crippen molar-refractivity contribution in [3.63, 3.8) is 0 Å². The Bertz CT molecular complexity index is 753. The minimum atomic E-state index is -0.409. The van der Waals surface area contributed by atoms with Crippen LogP contribution in [0.3, 0.4) is 0 Å². The van der Waals surface area contributed by atoms with Crippen molar-refractivity contribution in [3.05, 3.63) is 53.9 Å². The molecule has 1 saturated carbocycles. The summed E-state index contributed by atoms with van der Waals surface area (Å²) >= 11 is 0. The molecule has 0 atom stereocenters. The van der Waals surface area contributed by atoms with Crippen LogP contribution in [0, 0.1) is 0 Å². The molecule has 0 spiro atoms. The molecule has 6 nitrogen and oxygen atoms in total. The lowest BCUT2D eigenvalue weighted by molar-refractivity contribution is 0.0600. The molecular formula is C19H21N3O3. The van der Waals surface area contributed by atoms with E-state index in [1.165, 1.54) is 26.1 Å². The average Bonchev–Trinajstić information content (AvgIpc) is 3.15. The summed E-state index contributed by atoms with van der Waals surface area (Å²) in [7, 11) is 1.33. The van der Waals surface area contributed by atoms with Gasteiger partial charge in [-0.15, -0.1) is 0 Å². The van der Waals surface area contributed by atoms with E-state index in [4.69, 9.17) is 0 Å². The highest BCUT2D eigenvalue weighted by molar-refractivity contribution is 6.04. The van der Waals surface area contributed by atoms with Gasteiger partial charge in [0.1, 0.15) is 0 Å². The van der Waals surface area contributed by atoms with Crippen molar-refractivity contribution in [3.8, 4) is 0 Å². The van der Waals surface area contributed by atoms with Crippen molar-refractivity contribution in [1.82, 2.24) is 4.98 Å². The summed E-state index contributed by atoms with van der Waals surface area (Å²) in [6, 6.07) is 8.82. The number of hydrogen-bond donors (Lipinski definition) is 2. The van der Waals surface area contributed by atoms with Crippen LogP contribution < -0.4 is 10.6 Å². The van der Waals surface area contributed by atoms with E-state index in [1.54, 1.807) is 30.5 Å². The van der Waals surface area contributed by atoms with Gasteiger partial charge in [0, 0.05) is 24.1 Å². The van der Waals surface area contributed by atoms with Crippen LogP contribution in [0.5, 0.6) is 0 Å². The predicted octanol–water partition coefficient (Wildman–Crippen LogP) is 3.48. The first kappa shape index (κ1) is 17.0. The monoisotopic (exact) mass is 339 g/mol. The second-order valence-electron chi connectivity index (χ2n) is 6.11. The lowest BCUT2D eigenvalue weighted by Gasteiger charge is -2.14. The molecule has 2 N–H and O–H groups in total. The van der Waals surface area contributed by atoms with Gasteiger partial charge >= 0.3 is 5.97 Å². The quantitative estimate of drug-likeness (QED) is 0.815. The van der Waals surface area contributed by atoms with E-state index >= 15 is 0 Å². The van der Waals surface area contributed by atoms with Gasteiger partial charge in [-0.2, -0.15) is 0 Å². The van der Waals surface area contributed by atoms with E-state index in [9.17, 15) is 9.59 Å². The standard InChI is InChI=1S/C19H21N3O3/c1-25-19(24)13-6-8-16(9-7-13)22-18(23)14-10-17(12-20-11-14)21-15-4-2-3-5-15/h6-12,15,21H,2-5H2,1H3,(H,22,23). The zero-order chi connectivity index (χ0) is 17.6.